The van der Waals surface area contributed by atoms with Crippen molar-refractivity contribution in [2.75, 3.05) is 0 Å². The minimum atomic E-state index is -1.43. The third kappa shape index (κ3) is 4.49. The maximum absolute atomic E-state index is 12.4. The molecule has 4 aliphatic carbocycles. The molecule has 0 bridgehead atoms. The van der Waals surface area contributed by atoms with E-state index >= 15 is 0 Å². The average Bonchev–Trinajstić information content (AvgIpc) is 3.17. The predicted octanol–water partition coefficient (Wildman–Crippen LogP) is 5.12. The monoisotopic (exact) mass is 536 g/mol. The van der Waals surface area contributed by atoms with Gasteiger partial charge in [-0.3, -0.25) is 10.1 Å². The number of carbonyl (C=O) groups is 1. The van der Waals surface area contributed by atoms with Crippen molar-refractivity contribution in [2.45, 2.75) is 130 Å². The topological polar surface area (TPSA) is 116 Å². The second-order valence-electron chi connectivity index (χ2n) is 14.5. The van der Waals surface area contributed by atoms with E-state index in [0.717, 1.165) is 12.0 Å². The van der Waals surface area contributed by atoms with Gasteiger partial charge in [-0.1, -0.05) is 47.6 Å². The van der Waals surface area contributed by atoms with E-state index in [1.54, 1.807) is 0 Å². The summed E-state index contributed by atoms with van der Waals surface area (Å²) in [5.74, 6) is 0.952. The second-order valence-corrected chi connectivity index (χ2v) is 14.5. The normalized spacial score (nSPS) is 45.8. The van der Waals surface area contributed by atoms with Crippen molar-refractivity contribution >= 4 is 5.97 Å². The van der Waals surface area contributed by atoms with Gasteiger partial charge in [-0.15, -0.1) is 0 Å². The fourth-order valence-corrected chi connectivity index (χ4v) is 9.71. The van der Waals surface area contributed by atoms with Crippen molar-refractivity contribution in [3.05, 3.63) is 11.6 Å². The highest BCUT2D eigenvalue weighted by Gasteiger charge is 2.70. The molecular weight excluding hydrogens is 484 g/mol. The van der Waals surface area contributed by atoms with E-state index in [1.807, 2.05) is 13.8 Å². The van der Waals surface area contributed by atoms with Gasteiger partial charge in [0.05, 0.1) is 17.8 Å². The zero-order valence-electron chi connectivity index (χ0n) is 24.7. The quantitative estimate of drug-likeness (QED) is 0.154. The molecule has 0 heterocycles. The van der Waals surface area contributed by atoms with Crippen LogP contribution in [0.5, 0.6) is 0 Å². The lowest BCUT2D eigenvalue weighted by Gasteiger charge is -2.66. The van der Waals surface area contributed by atoms with Crippen molar-refractivity contribution in [2.24, 2.45) is 46.3 Å². The van der Waals surface area contributed by atoms with E-state index in [2.05, 4.69) is 40.7 Å². The summed E-state index contributed by atoms with van der Waals surface area (Å²) in [6.45, 7) is 16.5. The maximum Gasteiger partial charge on any atom is 0.302 e. The molecule has 7 nitrogen and oxygen atoms in total. The molecule has 0 aromatic rings. The highest BCUT2D eigenvalue weighted by atomic mass is 17.1. The Morgan fingerprint density at radius 2 is 1.84 bits per heavy atom. The first-order valence-corrected chi connectivity index (χ1v) is 14.8. The Kier molecular flexibility index (Phi) is 7.99. The lowest BCUT2D eigenvalue weighted by molar-refractivity contribution is -0.317. The van der Waals surface area contributed by atoms with Crippen LogP contribution in [0.4, 0.5) is 0 Å². The van der Waals surface area contributed by atoms with Crippen LogP contribution in [0.15, 0.2) is 11.6 Å². The Labute approximate surface area is 228 Å². The summed E-state index contributed by atoms with van der Waals surface area (Å²) in [7, 11) is 0. The number of aliphatic hydroxyl groups excluding tert-OH is 2. The summed E-state index contributed by atoms with van der Waals surface area (Å²) >= 11 is 0. The molecule has 0 amide bonds. The van der Waals surface area contributed by atoms with E-state index < -0.39 is 40.3 Å². The molecule has 0 spiro atoms. The first-order chi connectivity index (χ1) is 17.5. The Bertz CT molecular complexity index is 933. The van der Waals surface area contributed by atoms with Crippen LogP contribution in [0.1, 0.15) is 100 Å². The van der Waals surface area contributed by atoms with Gasteiger partial charge in [-0.2, -0.15) is 0 Å². The molecule has 0 aromatic heterocycles. The zero-order valence-corrected chi connectivity index (χ0v) is 24.7. The standard InChI is InChI=1S/C31H52O7/c1-17(2)19(4)18(3)14-30(8,38-36)25-10-9-23-22-13-26(34)31(35)15-21(33)11-12-29(31,7)27(22)24(37-20(5)32)16-28(23,25)6/h10,17-19,21-24,26-27,33-36H,9,11-16H2,1-8H3/t18-,19-,21+,22+,23+,24-,26-,27-,28+,29-,30-,31+/m1/s1. The number of ether oxygens (including phenoxy) is 1. The number of carbonyl (C=O) groups excluding carboxylic acids is 1. The second kappa shape index (κ2) is 10.1. The number of allylic oxidation sites excluding steroid dienone is 1. The van der Waals surface area contributed by atoms with Gasteiger partial charge in [-0.25, -0.2) is 4.89 Å². The van der Waals surface area contributed by atoms with Crippen molar-refractivity contribution in [1.29, 1.82) is 0 Å². The van der Waals surface area contributed by atoms with Crippen LogP contribution in [0.25, 0.3) is 0 Å². The van der Waals surface area contributed by atoms with Gasteiger partial charge < -0.3 is 20.1 Å². The largest absolute Gasteiger partial charge is 0.462 e. The Hall–Kier alpha value is -0.990. The molecule has 218 valence electrons. The summed E-state index contributed by atoms with van der Waals surface area (Å²) in [4.78, 5) is 17.8. The van der Waals surface area contributed by atoms with Gasteiger partial charge in [-0.05, 0) is 86.0 Å². The van der Waals surface area contributed by atoms with E-state index in [4.69, 9.17) is 9.62 Å². The van der Waals surface area contributed by atoms with Crippen molar-refractivity contribution in [3.8, 4) is 0 Å². The number of aliphatic hydroxyl groups is 3. The minimum Gasteiger partial charge on any atom is -0.462 e. The van der Waals surface area contributed by atoms with Gasteiger partial charge >= 0.3 is 5.97 Å². The molecule has 0 saturated heterocycles. The minimum absolute atomic E-state index is 0.0114. The molecular formula is C31H52O7. The smallest absolute Gasteiger partial charge is 0.302 e. The van der Waals surface area contributed by atoms with Crippen LogP contribution >= 0.6 is 0 Å². The number of esters is 1. The van der Waals surface area contributed by atoms with Crippen LogP contribution in [0.3, 0.4) is 0 Å². The van der Waals surface area contributed by atoms with Crippen LogP contribution < -0.4 is 0 Å². The van der Waals surface area contributed by atoms with Crippen LogP contribution in [-0.4, -0.2) is 56.1 Å². The van der Waals surface area contributed by atoms with E-state index in [9.17, 15) is 25.4 Å². The molecule has 4 N–H and O–H groups in total. The third-order valence-electron chi connectivity index (χ3n) is 12.1. The Balaban J connectivity index is 1.73. The molecule has 3 saturated carbocycles. The lowest BCUT2D eigenvalue weighted by Crippen LogP contribution is -2.71. The molecule has 4 aliphatic rings. The third-order valence-corrected chi connectivity index (χ3v) is 12.1. The molecule has 3 fully saturated rings. The van der Waals surface area contributed by atoms with E-state index in [0.29, 0.717) is 49.9 Å². The van der Waals surface area contributed by atoms with Gasteiger partial charge in [0, 0.05) is 24.7 Å². The maximum atomic E-state index is 12.4. The van der Waals surface area contributed by atoms with Crippen molar-refractivity contribution < 1.29 is 35.0 Å². The van der Waals surface area contributed by atoms with E-state index in [1.165, 1.54) is 6.92 Å². The van der Waals surface area contributed by atoms with E-state index in [-0.39, 0.29) is 30.1 Å². The molecule has 0 unspecified atom stereocenters. The average molecular weight is 537 g/mol. The summed E-state index contributed by atoms with van der Waals surface area (Å²) in [5, 5.41) is 44.1. The van der Waals surface area contributed by atoms with Gasteiger partial charge in [0.15, 0.2) is 0 Å². The highest BCUT2D eigenvalue weighted by Crippen LogP contribution is 2.69. The molecule has 4 rings (SSSR count). The lowest BCUT2D eigenvalue weighted by atomic mass is 9.41. The molecule has 0 aliphatic heterocycles. The first-order valence-electron chi connectivity index (χ1n) is 14.8. The summed E-state index contributed by atoms with van der Waals surface area (Å²) in [5.41, 5.74) is -2.36. The molecule has 7 heteroatoms. The van der Waals surface area contributed by atoms with Crippen molar-refractivity contribution in [1.82, 2.24) is 0 Å². The number of hydrogen-bond donors (Lipinski definition) is 4. The van der Waals surface area contributed by atoms with Crippen LogP contribution in [0.2, 0.25) is 0 Å². The fraction of sp³-hybridized carbons (Fsp3) is 0.903. The van der Waals surface area contributed by atoms with Crippen LogP contribution in [-0.2, 0) is 14.4 Å². The summed E-state index contributed by atoms with van der Waals surface area (Å²) < 4.78 is 6.08. The Morgan fingerprint density at radius 1 is 1.18 bits per heavy atom. The summed E-state index contributed by atoms with van der Waals surface area (Å²) in [6.07, 6.45) is 3.81. The van der Waals surface area contributed by atoms with Gasteiger partial charge in [0.2, 0.25) is 0 Å². The summed E-state index contributed by atoms with van der Waals surface area (Å²) in [6, 6.07) is 0. The van der Waals surface area contributed by atoms with Crippen LogP contribution in [0, 0.1) is 46.3 Å². The Morgan fingerprint density at radius 3 is 2.42 bits per heavy atom. The molecule has 38 heavy (non-hydrogen) atoms. The predicted molar refractivity (Wildman–Crippen MR) is 145 cm³/mol. The zero-order chi connectivity index (χ0) is 28.4. The fourth-order valence-electron chi connectivity index (χ4n) is 9.71. The molecule has 0 aromatic carbocycles. The van der Waals surface area contributed by atoms with Crippen molar-refractivity contribution in [3.63, 3.8) is 0 Å². The van der Waals surface area contributed by atoms with Gasteiger partial charge in [0.25, 0.3) is 0 Å². The number of hydrogen-bond acceptors (Lipinski definition) is 7. The first kappa shape index (κ1) is 30.0. The number of fused-ring (bicyclic) bond motifs is 5. The SMILES string of the molecule is CC(=O)O[C@@H]1C[C@]2(C)C([C@@](C)(C[C@@H](C)[C@H](C)C(C)C)OO)=CC[C@H]2[C@@H]2C[C@@H](O)[C@@]3(O)C[C@@H](O)CC[C@]3(C)[C@H]21. The molecule has 0 radical (unpaired) electrons. The number of rotatable bonds is 7. The van der Waals surface area contributed by atoms with Gasteiger partial charge in [0.1, 0.15) is 11.7 Å². The highest BCUT2D eigenvalue weighted by molar-refractivity contribution is 5.66. The molecule has 12 atom stereocenters.